The number of likely N-dealkylation sites (tertiary alicyclic amines) is 1. The summed E-state index contributed by atoms with van der Waals surface area (Å²) in [6, 6.07) is 6.55. The van der Waals surface area contributed by atoms with E-state index in [9.17, 15) is 9.59 Å². The van der Waals surface area contributed by atoms with Crippen LogP contribution in [0, 0.1) is 0 Å². The Kier molecular flexibility index (Phi) is 4.96. The first-order valence-electron chi connectivity index (χ1n) is 8.52. The number of carbonyl (C=O) groups is 2. The van der Waals surface area contributed by atoms with Crippen molar-refractivity contribution in [3.63, 3.8) is 0 Å². The number of carbonyl (C=O) groups excluding carboxylic acids is 2. The standard InChI is InChI=1S/C18H25N3O2/c1-19-15-5-3-9-21(12-15)18(23)6-2-4-13-7-8-16-14(10-13)11-17(22)20-16/h7-8,10,15,19H,2-6,9,11-12H2,1H3,(H,20,22). The molecule has 3 rings (SSSR count). The van der Waals surface area contributed by atoms with E-state index in [4.69, 9.17) is 0 Å². The van der Waals surface area contributed by atoms with E-state index >= 15 is 0 Å². The molecule has 2 N–H and O–H groups in total. The number of benzene rings is 1. The van der Waals surface area contributed by atoms with Crippen molar-refractivity contribution in [2.75, 3.05) is 25.5 Å². The molecule has 5 heteroatoms. The maximum Gasteiger partial charge on any atom is 0.228 e. The average Bonchev–Trinajstić information content (AvgIpc) is 2.94. The highest BCUT2D eigenvalue weighted by Crippen LogP contribution is 2.24. The van der Waals surface area contributed by atoms with Crippen LogP contribution in [-0.4, -0.2) is 42.9 Å². The third-order valence-corrected chi connectivity index (χ3v) is 4.83. The zero-order chi connectivity index (χ0) is 16.2. The zero-order valence-corrected chi connectivity index (χ0v) is 13.7. The van der Waals surface area contributed by atoms with E-state index in [2.05, 4.69) is 16.7 Å². The van der Waals surface area contributed by atoms with E-state index in [0.717, 1.165) is 50.0 Å². The fourth-order valence-corrected chi connectivity index (χ4v) is 3.48. The Labute approximate surface area is 137 Å². The fraction of sp³-hybridized carbons (Fsp3) is 0.556. The van der Waals surface area contributed by atoms with Crippen molar-refractivity contribution < 1.29 is 9.59 Å². The van der Waals surface area contributed by atoms with Crippen LogP contribution in [-0.2, 0) is 22.4 Å². The Morgan fingerprint density at radius 2 is 2.30 bits per heavy atom. The summed E-state index contributed by atoms with van der Waals surface area (Å²) in [5.41, 5.74) is 3.22. The predicted octanol–water partition coefficient (Wildman–Crippen LogP) is 1.71. The Morgan fingerprint density at radius 3 is 3.13 bits per heavy atom. The summed E-state index contributed by atoms with van der Waals surface area (Å²) in [5.74, 6) is 0.333. The zero-order valence-electron chi connectivity index (χ0n) is 13.7. The van der Waals surface area contributed by atoms with E-state index in [1.807, 2.05) is 24.1 Å². The Balaban J connectivity index is 1.47. The van der Waals surface area contributed by atoms with E-state index < -0.39 is 0 Å². The molecule has 0 aliphatic carbocycles. The van der Waals surface area contributed by atoms with Crippen LogP contribution >= 0.6 is 0 Å². The molecular weight excluding hydrogens is 290 g/mol. The molecule has 0 saturated carbocycles. The van der Waals surface area contributed by atoms with Crippen LogP contribution in [0.25, 0.3) is 0 Å². The van der Waals surface area contributed by atoms with E-state index in [1.165, 1.54) is 5.56 Å². The number of nitrogens with one attached hydrogen (secondary N) is 2. The van der Waals surface area contributed by atoms with Gasteiger partial charge in [-0.25, -0.2) is 0 Å². The number of nitrogens with zero attached hydrogens (tertiary/aromatic N) is 1. The lowest BCUT2D eigenvalue weighted by atomic mass is 10.0. The molecule has 5 nitrogen and oxygen atoms in total. The molecule has 0 spiro atoms. The summed E-state index contributed by atoms with van der Waals surface area (Å²) >= 11 is 0. The van der Waals surface area contributed by atoms with Crippen molar-refractivity contribution in [2.24, 2.45) is 0 Å². The monoisotopic (exact) mass is 315 g/mol. The minimum absolute atomic E-state index is 0.0662. The molecule has 0 bridgehead atoms. The van der Waals surface area contributed by atoms with Crippen molar-refractivity contribution in [2.45, 2.75) is 44.6 Å². The summed E-state index contributed by atoms with van der Waals surface area (Å²) in [7, 11) is 1.96. The molecule has 1 aromatic carbocycles. The minimum Gasteiger partial charge on any atom is -0.341 e. The molecule has 1 fully saturated rings. The van der Waals surface area contributed by atoms with E-state index in [1.54, 1.807) is 0 Å². The van der Waals surface area contributed by atoms with Gasteiger partial charge in [0.1, 0.15) is 0 Å². The normalized spacial score (nSPS) is 20.3. The van der Waals surface area contributed by atoms with Crippen LogP contribution in [0.4, 0.5) is 5.69 Å². The lowest BCUT2D eigenvalue weighted by Gasteiger charge is -2.32. The van der Waals surface area contributed by atoms with Crippen molar-refractivity contribution in [3.05, 3.63) is 29.3 Å². The van der Waals surface area contributed by atoms with Crippen LogP contribution in [0.15, 0.2) is 18.2 Å². The van der Waals surface area contributed by atoms with Crippen LogP contribution in [0.3, 0.4) is 0 Å². The summed E-state index contributed by atoms with van der Waals surface area (Å²) in [6.45, 7) is 1.73. The van der Waals surface area contributed by atoms with Crippen LogP contribution < -0.4 is 10.6 Å². The second kappa shape index (κ2) is 7.13. The quantitative estimate of drug-likeness (QED) is 0.869. The minimum atomic E-state index is 0.0662. The number of anilines is 1. The molecule has 0 aromatic heterocycles. The van der Waals surface area contributed by atoms with Gasteiger partial charge in [-0.1, -0.05) is 12.1 Å². The summed E-state index contributed by atoms with van der Waals surface area (Å²) in [5, 5.41) is 6.12. The number of aryl methyl sites for hydroxylation is 1. The van der Waals surface area contributed by atoms with Gasteiger partial charge in [0, 0.05) is 31.2 Å². The third-order valence-electron chi connectivity index (χ3n) is 4.83. The topological polar surface area (TPSA) is 61.4 Å². The van der Waals surface area contributed by atoms with Crippen LogP contribution in [0.1, 0.15) is 36.8 Å². The van der Waals surface area contributed by atoms with Crippen molar-refractivity contribution in [1.29, 1.82) is 0 Å². The van der Waals surface area contributed by atoms with Crippen LogP contribution in [0.2, 0.25) is 0 Å². The highest BCUT2D eigenvalue weighted by molar-refractivity contribution is 5.99. The predicted molar refractivity (Wildman–Crippen MR) is 90.4 cm³/mol. The molecule has 2 amide bonds. The van der Waals surface area contributed by atoms with Gasteiger partial charge in [0.15, 0.2) is 0 Å². The van der Waals surface area contributed by atoms with Gasteiger partial charge >= 0.3 is 0 Å². The van der Waals surface area contributed by atoms with E-state index in [-0.39, 0.29) is 11.8 Å². The number of piperidine rings is 1. The van der Waals surface area contributed by atoms with Crippen molar-refractivity contribution in [3.8, 4) is 0 Å². The molecule has 2 heterocycles. The van der Waals surface area contributed by atoms with Gasteiger partial charge in [-0.3, -0.25) is 9.59 Å². The molecule has 1 saturated heterocycles. The summed E-state index contributed by atoms with van der Waals surface area (Å²) in [4.78, 5) is 25.7. The number of rotatable bonds is 5. The van der Waals surface area contributed by atoms with Crippen molar-refractivity contribution >= 4 is 17.5 Å². The lowest BCUT2D eigenvalue weighted by Crippen LogP contribution is -2.46. The first-order valence-corrected chi connectivity index (χ1v) is 8.52. The Hall–Kier alpha value is -1.88. The second-order valence-corrected chi connectivity index (χ2v) is 6.54. The molecular formula is C18H25N3O2. The number of amides is 2. The van der Waals surface area contributed by atoms with Gasteiger partial charge in [0.05, 0.1) is 6.42 Å². The number of fused-ring (bicyclic) bond motifs is 1. The molecule has 124 valence electrons. The molecule has 1 atom stereocenters. The smallest absolute Gasteiger partial charge is 0.228 e. The second-order valence-electron chi connectivity index (χ2n) is 6.54. The Morgan fingerprint density at radius 1 is 1.43 bits per heavy atom. The largest absolute Gasteiger partial charge is 0.341 e. The SMILES string of the molecule is CNC1CCCN(C(=O)CCCc2ccc3c(c2)CC(=O)N3)C1. The average molecular weight is 315 g/mol. The van der Waals surface area contributed by atoms with Crippen molar-refractivity contribution in [1.82, 2.24) is 10.2 Å². The number of likely N-dealkylation sites (N-methyl/N-ethyl adjacent to an activating group) is 1. The Bertz CT molecular complexity index is 600. The molecule has 1 unspecified atom stereocenters. The third kappa shape index (κ3) is 3.91. The number of hydrogen-bond donors (Lipinski definition) is 2. The summed E-state index contributed by atoms with van der Waals surface area (Å²) in [6.07, 6.45) is 5.06. The molecule has 2 aliphatic heterocycles. The molecule has 2 aliphatic rings. The van der Waals surface area contributed by atoms with Gasteiger partial charge in [-0.2, -0.15) is 0 Å². The summed E-state index contributed by atoms with van der Waals surface area (Å²) < 4.78 is 0. The molecule has 0 radical (unpaired) electrons. The van der Waals surface area contributed by atoms with Gasteiger partial charge < -0.3 is 15.5 Å². The fourth-order valence-electron chi connectivity index (χ4n) is 3.48. The highest BCUT2D eigenvalue weighted by atomic mass is 16.2. The van der Waals surface area contributed by atoms with Gasteiger partial charge in [-0.15, -0.1) is 0 Å². The lowest BCUT2D eigenvalue weighted by molar-refractivity contribution is -0.132. The van der Waals surface area contributed by atoms with Gasteiger partial charge in [-0.05, 0) is 49.9 Å². The van der Waals surface area contributed by atoms with E-state index in [0.29, 0.717) is 18.9 Å². The maximum absolute atomic E-state index is 12.3. The molecule has 23 heavy (non-hydrogen) atoms. The van der Waals surface area contributed by atoms with Gasteiger partial charge in [0.25, 0.3) is 0 Å². The molecule has 1 aromatic rings. The first kappa shape index (κ1) is 16.0. The van der Waals surface area contributed by atoms with Gasteiger partial charge in [0.2, 0.25) is 11.8 Å². The number of hydrogen-bond acceptors (Lipinski definition) is 3. The first-order chi connectivity index (χ1) is 11.2. The maximum atomic E-state index is 12.3. The van der Waals surface area contributed by atoms with Crippen LogP contribution in [0.5, 0.6) is 0 Å². The highest BCUT2D eigenvalue weighted by Gasteiger charge is 2.22.